The highest BCUT2D eigenvalue weighted by Gasteiger charge is 2.30. The minimum absolute atomic E-state index is 0.203. The van der Waals surface area contributed by atoms with Crippen LogP contribution < -0.4 is 0 Å². The van der Waals surface area contributed by atoms with E-state index in [0.717, 1.165) is 0 Å². The summed E-state index contributed by atoms with van der Waals surface area (Å²) in [7, 11) is 0. The maximum atomic E-state index is 11.0. The third-order valence-corrected chi connectivity index (χ3v) is 2.23. The summed E-state index contributed by atoms with van der Waals surface area (Å²) in [5, 5.41) is 26.7. The lowest BCUT2D eigenvalue weighted by molar-refractivity contribution is -0.150. The molecule has 0 aliphatic carbocycles. The Morgan fingerprint density at radius 2 is 1.79 bits per heavy atom. The Hall–Kier alpha value is -0.170. The van der Waals surface area contributed by atoms with Crippen LogP contribution in [-0.4, -0.2) is 52.5 Å². The second-order valence-corrected chi connectivity index (χ2v) is 4.57. The van der Waals surface area contributed by atoms with Crippen molar-refractivity contribution in [2.45, 2.75) is 11.8 Å². The van der Waals surface area contributed by atoms with Gasteiger partial charge in [0.2, 0.25) is 0 Å². The van der Waals surface area contributed by atoms with Crippen LogP contribution in [0.15, 0.2) is 0 Å². The third kappa shape index (κ3) is 3.91. The van der Waals surface area contributed by atoms with Crippen LogP contribution in [0.4, 0.5) is 0 Å². The molecule has 1 atom stereocenters. The van der Waals surface area contributed by atoms with Gasteiger partial charge < -0.3 is 20.1 Å². The maximum absolute atomic E-state index is 11.0. The molecule has 0 aliphatic heterocycles. The van der Waals surface area contributed by atoms with Crippen molar-refractivity contribution in [2.75, 3.05) is 26.4 Å². The fraction of sp³-hybridized carbons (Fsp3) is 0.875. The SMILES string of the molecule is CC(Br)C(=O)OCC(CO)(CO)CO. The van der Waals surface area contributed by atoms with Crippen molar-refractivity contribution in [3.8, 4) is 0 Å². The highest BCUT2D eigenvalue weighted by molar-refractivity contribution is 9.10. The Labute approximate surface area is 90.8 Å². The monoisotopic (exact) mass is 270 g/mol. The molecular weight excluding hydrogens is 256 g/mol. The number of esters is 1. The summed E-state index contributed by atoms with van der Waals surface area (Å²) in [6.07, 6.45) is 0. The standard InChI is InChI=1S/C8H15BrO5/c1-6(9)7(13)14-5-8(2-10,3-11)4-12/h6,10-12H,2-5H2,1H3. The van der Waals surface area contributed by atoms with E-state index >= 15 is 0 Å². The fourth-order valence-corrected chi connectivity index (χ4v) is 0.758. The average molecular weight is 271 g/mol. The van der Waals surface area contributed by atoms with Crippen LogP contribution in [0.3, 0.4) is 0 Å². The van der Waals surface area contributed by atoms with E-state index in [1.54, 1.807) is 6.92 Å². The molecule has 0 saturated heterocycles. The summed E-state index contributed by atoms with van der Waals surface area (Å²) >= 11 is 3.01. The number of hydrogen-bond acceptors (Lipinski definition) is 5. The van der Waals surface area contributed by atoms with Gasteiger partial charge in [-0.2, -0.15) is 0 Å². The van der Waals surface area contributed by atoms with E-state index in [2.05, 4.69) is 15.9 Å². The first-order valence-electron chi connectivity index (χ1n) is 4.14. The fourth-order valence-electron chi connectivity index (χ4n) is 0.626. The van der Waals surface area contributed by atoms with Gasteiger partial charge in [-0.15, -0.1) is 0 Å². The zero-order valence-corrected chi connectivity index (χ0v) is 9.53. The number of carbonyl (C=O) groups is 1. The van der Waals surface area contributed by atoms with Gasteiger partial charge in [0.15, 0.2) is 0 Å². The first-order valence-corrected chi connectivity index (χ1v) is 5.06. The van der Waals surface area contributed by atoms with Gasteiger partial charge in [0, 0.05) is 0 Å². The first kappa shape index (κ1) is 13.8. The molecule has 0 spiro atoms. The molecule has 0 fully saturated rings. The van der Waals surface area contributed by atoms with Gasteiger partial charge in [0.1, 0.15) is 11.4 Å². The van der Waals surface area contributed by atoms with Crippen LogP contribution >= 0.6 is 15.9 Å². The number of rotatable bonds is 6. The molecule has 0 rings (SSSR count). The minimum atomic E-state index is -1.16. The van der Waals surface area contributed by atoms with E-state index < -0.39 is 36.0 Å². The Balaban J connectivity index is 4.12. The van der Waals surface area contributed by atoms with Gasteiger partial charge >= 0.3 is 5.97 Å². The van der Waals surface area contributed by atoms with Gasteiger partial charge in [-0.1, -0.05) is 15.9 Å². The molecule has 0 aliphatic rings. The number of halogens is 1. The van der Waals surface area contributed by atoms with Crippen LogP contribution in [0.25, 0.3) is 0 Å². The molecule has 1 unspecified atom stereocenters. The van der Waals surface area contributed by atoms with Crippen LogP contribution in [0.1, 0.15) is 6.92 Å². The van der Waals surface area contributed by atoms with E-state index in [1.807, 2.05) is 0 Å². The van der Waals surface area contributed by atoms with Crippen molar-refractivity contribution in [2.24, 2.45) is 5.41 Å². The van der Waals surface area contributed by atoms with E-state index in [9.17, 15) is 4.79 Å². The van der Waals surface area contributed by atoms with Crippen molar-refractivity contribution in [3.05, 3.63) is 0 Å². The van der Waals surface area contributed by atoms with E-state index in [0.29, 0.717) is 0 Å². The minimum Gasteiger partial charge on any atom is -0.464 e. The topological polar surface area (TPSA) is 87.0 Å². The van der Waals surface area contributed by atoms with Crippen molar-refractivity contribution in [1.82, 2.24) is 0 Å². The highest BCUT2D eigenvalue weighted by Crippen LogP contribution is 2.16. The van der Waals surface area contributed by atoms with Gasteiger partial charge in [-0.3, -0.25) is 4.79 Å². The molecule has 0 aromatic carbocycles. The lowest BCUT2D eigenvalue weighted by Crippen LogP contribution is -2.40. The Morgan fingerprint density at radius 1 is 1.36 bits per heavy atom. The normalized spacial score (nSPS) is 13.8. The second kappa shape index (κ2) is 6.34. The van der Waals surface area contributed by atoms with Crippen LogP contribution in [0, 0.1) is 5.41 Å². The molecule has 0 amide bonds. The van der Waals surface area contributed by atoms with E-state index in [1.165, 1.54) is 0 Å². The van der Waals surface area contributed by atoms with Crippen LogP contribution in [-0.2, 0) is 9.53 Å². The summed E-state index contributed by atoms with van der Waals surface area (Å²) in [6, 6.07) is 0. The molecule has 3 N–H and O–H groups in total. The summed E-state index contributed by atoms with van der Waals surface area (Å²) in [5.74, 6) is -0.496. The predicted molar refractivity (Wildman–Crippen MR) is 53.0 cm³/mol. The van der Waals surface area contributed by atoms with Crippen LogP contribution in [0.2, 0.25) is 0 Å². The Bertz CT molecular complexity index is 170. The largest absolute Gasteiger partial charge is 0.464 e. The molecule has 6 heteroatoms. The molecule has 0 radical (unpaired) electrons. The van der Waals surface area contributed by atoms with Crippen LogP contribution in [0.5, 0.6) is 0 Å². The molecule has 0 saturated carbocycles. The molecule has 0 bridgehead atoms. The number of ether oxygens (including phenoxy) is 1. The number of aliphatic hydroxyl groups is 3. The highest BCUT2D eigenvalue weighted by atomic mass is 79.9. The first-order chi connectivity index (χ1) is 6.51. The van der Waals surface area contributed by atoms with Crippen molar-refractivity contribution in [1.29, 1.82) is 0 Å². The lowest BCUT2D eigenvalue weighted by Gasteiger charge is -2.26. The maximum Gasteiger partial charge on any atom is 0.319 e. The smallest absolute Gasteiger partial charge is 0.319 e. The van der Waals surface area contributed by atoms with Crippen molar-refractivity contribution in [3.63, 3.8) is 0 Å². The van der Waals surface area contributed by atoms with Gasteiger partial charge in [0.25, 0.3) is 0 Å². The summed E-state index contributed by atoms with van der Waals surface area (Å²) < 4.78 is 4.78. The number of aliphatic hydroxyl groups excluding tert-OH is 3. The summed E-state index contributed by atoms with van der Waals surface area (Å²) in [4.78, 5) is 10.6. The zero-order valence-electron chi connectivity index (χ0n) is 7.94. The second-order valence-electron chi connectivity index (χ2n) is 3.20. The van der Waals surface area contributed by atoms with Crippen molar-refractivity contribution >= 4 is 21.9 Å². The molecule has 5 nitrogen and oxygen atoms in total. The Morgan fingerprint density at radius 3 is 2.07 bits per heavy atom. The predicted octanol–water partition coefficient (Wildman–Crippen LogP) is -0.724. The average Bonchev–Trinajstić information content (AvgIpc) is 2.20. The molecule has 14 heavy (non-hydrogen) atoms. The number of carbonyl (C=O) groups excluding carboxylic acids is 1. The summed E-state index contributed by atoms with van der Waals surface area (Å²) in [6.45, 7) is 0.0734. The molecule has 0 heterocycles. The van der Waals surface area contributed by atoms with Gasteiger partial charge in [0.05, 0.1) is 25.2 Å². The number of alkyl halides is 1. The quantitative estimate of drug-likeness (QED) is 0.438. The zero-order chi connectivity index (χ0) is 11.2. The van der Waals surface area contributed by atoms with E-state index in [-0.39, 0.29) is 6.61 Å². The Kier molecular flexibility index (Phi) is 6.26. The van der Waals surface area contributed by atoms with Gasteiger partial charge in [-0.05, 0) is 6.92 Å². The third-order valence-electron chi connectivity index (χ3n) is 1.85. The van der Waals surface area contributed by atoms with E-state index in [4.69, 9.17) is 20.1 Å². The number of hydrogen-bond donors (Lipinski definition) is 3. The van der Waals surface area contributed by atoms with Crippen molar-refractivity contribution < 1.29 is 24.9 Å². The molecule has 0 aromatic rings. The van der Waals surface area contributed by atoms with Gasteiger partial charge in [-0.25, -0.2) is 0 Å². The molecule has 84 valence electrons. The molecular formula is C8H15BrO5. The summed E-state index contributed by atoms with van der Waals surface area (Å²) in [5.41, 5.74) is -1.16. The molecule has 0 aromatic heterocycles. The lowest BCUT2D eigenvalue weighted by atomic mass is 9.93.